The second kappa shape index (κ2) is 6.45. The Morgan fingerprint density at radius 2 is 2.22 bits per heavy atom. The largest absolute Gasteiger partial charge is 0.310 e. The molecule has 1 nitrogen and oxygen atoms in total. The van der Waals surface area contributed by atoms with E-state index in [0.717, 1.165) is 10.9 Å². The summed E-state index contributed by atoms with van der Waals surface area (Å²) in [5, 5.41) is 5.43. The van der Waals surface area contributed by atoms with Crippen LogP contribution in [0, 0.1) is 5.82 Å². The molecule has 0 saturated heterocycles. The lowest BCUT2D eigenvalue weighted by molar-refractivity contribution is 0.527. The second-order valence-electron chi connectivity index (χ2n) is 4.30. The van der Waals surface area contributed by atoms with E-state index < -0.39 is 0 Å². The summed E-state index contributed by atoms with van der Waals surface area (Å²) in [6.45, 7) is 2.68. The summed E-state index contributed by atoms with van der Waals surface area (Å²) in [6.07, 6.45) is 0.982. The standard InChI is InChI=1S/C14H15BrFNS/c1-10(7-13-3-2-6-18-13)17-9-11-4-5-12(15)8-14(11)16/h2-6,8,10,17H,7,9H2,1H3. The monoisotopic (exact) mass is 327 g/mol. The van der Waals surface area contributed by atoms with E-state index >= 15 is 0 Å². The van der Waals surface area contributed by atoms with Crippen molar-refractivity contribution in [3.63, 3.8) is 0 Å². The normalized spacial score (nSPS) is 12.6. The third-order valence-electron chi connectivity index (χ3n) is 2.74. The van der Waals surface area contributed by atoms with Crippen molar-refractivity contribution in [3.05, 3.63) is 56.4 Å². The van der Waals surface area contributed by atoms with Gasteiger partial charge in [-0.2, -0.15) is 0 Å². The van der Waals surface area contributed by atoms with Crippen molar-refractivity contribution >= 4 is 27.3 Å². The van der Waals surface area contributed by atoms with Crippen molar-refractivity contribution in [2.75, 3.05) is 0 Å². The van der Waals surface area contributed by atoms with Crippen molar-refractivity contribution in [3.8, 4) is 0 Å². The molecule has 0 aliphatic carbocycles. The van der Waals surface area contributed by atoms with Crippen LogP contribution in [0.2, 0.25) is 0 Å². The minimum absolute atomic E-state index is 0.166. The zero-order valence-electron chi connectivity index (χ0n) is 10.1. The Morgan fingerprint density at radius 1 is 1.39 bits per heavy atom. The van der Waals surface area contributed by atoms with Gasteiger partial charge in [0.25, 0.3) is 0 Å². The van der Waals surface area contributed by atoms with E-state index in [2.05, 4.69) is 45.7 Å². The summed E-state index contributed by atoms with van der Waals surface area (Å²) in [6, 6.07) is 9.70. The van der Waals surface area contributed by atoms with Gasteiger partial charge in [0.1, 0.15) is 5.82 Å². The fourth-order valence-corrected chi connectivity index (χ4v) is 2.92. The first-order valence-corrected chi connectivity index (χ1v) is 7.52. The third kappa shape index (κ3) is 3.90. The van der Waals surface area contributed by atoms with Crippen LogP contribution < -0.4 is 5.32 Å². The maximum Gasteiger partial charge on any atom is 0.128 e. The molecule has 1 heterocycles. The van der Waals surface area contributed by atoms with Gasteiger partial charge >= 0.3 is 0 Å². The number of rotatable bonds is 5. The smallest absolute Gasteiger partial charge is 0.128 e. The summed E-state index contributed by atoms with van der Waals surface area (Å²) in [5.74, 6) is -0.166. The molecular formula is C14H15BrFNS. The van der Waals surface area contributed by atoms with Crippen LogP contribution in [-0.2, 0) is 13.0 Å². The summed E-state index contributed by atoms with van der Waals surface area (Å²) in [4.78, 5) is 1.35. The molecule has 0 fully saturated rings. The van der Waals surface area contributed by atoms with Gasteiger partial charge in [0.2, 0.25) is 0 Å². The molecule has 0 saturated carbocycles. The molecule has 1 aromatic heterocycles. The Kier molecular flexibility index (Phi) is 4.92. The van der Waals surface area contributed by atoms with Gasteiger partial charge in [-0.3, -0.25) is 0 Å². The fraction of sp³-hybridized carbons (Fsp3) is 0.286. The van der Waals surface area contributed by atoms with E-state index in [1.807, 2.05) is 12.1 Å². The highest BCUT2D eigenvalue weighted by molar-refractivity contribution is 9.10. The van der Waals surface area contributed by atoms with Crippen molar-refractivity contribution < 1.29 is 4.39 Å². The summed E-state index contributed by atoms with van der Waals surface area (Å²) >= 11 is 5.01. The van der Waals surface area contributed by atoms with E-state index in [1.165, 1.54) is 10.9 Å². The lowest BCUT2D eigenvalue weighted by Crippen LogP contribution is -2.27. The van der Waals surface area contributed by atoms with Gasteiger partial charge in [-0.05, 0) is 36.9 Å². The summed E-state index contributed by atoms with van der Waals surface area (Å²) in [7, 11) is 0. The Morgan fingerprint density at radius 3 is 2.89 bits per heavy atom. The molecule has 0 aliphatic rings. The molecule has 1 unspecified atom stereocenters. The molecule has 2 rings (SSSR count). The molecule has 0 amide bonds. The Bertz CT molecular complexity index is 499. The Hall–Kier alpha value is -0.710. The number of halogens is 2. The summed E-state index contributed by atoms with van der Waals surface area (Å²) in [5.41, 5.74) is 0.705. The molecule has 0 bridgehead atoms. The molecule has 18 heavy (non-hydrogen) atoms. The quantitative estimate of drug-likeness (QED) is 0.859. The number of hydrogen-bond donors (Lipinski definition) is 1. The van der Waals surface area contributed by atoms with Gasteiger partial charge in [0.05, 0.1) is 0 Å². The van der Waals surface area contributed by atoms with E-state index in [9.17, 15) is 4.39 Å². The lowest BCUT2D eigenvalue weighted by Gasteiger charge is -2.13. The fourth-order valence-electron chi connectivity index (χ4n) is 1.75. The second-order valence-corrected chi connectivity index (χ2v) is 6.25. The third-order valence-corrected chi connectivity index (χ3v) is 4.14. The van der Waals surface area contributed by atoms with Crippen LogP contribution in [0.3, 0.4) is 0 Å². The zero-order chi connectivity index (χ0) is 13.0. The van der Waals surface area contributed by atoms with Crippen molar-refractivity contribution in [2.24, 2.45) is 0 Å². The molecule has 96 valence electrons. The van der Waals surface area contributed by atoms with Crippen LogP contribution in [0.1, 0.15) is 17.4 Å². The van der Waals surface area contributed by atoms with Crippen molar-refractivity contribution in [2.45, 2.75) is 25.9 Å². The average molecular weight is 328 g/mol. The molecule has 0 radical (unpaired) electrons. The van der Waals surface area contributed by atoms with Crippen LogP contribution in [0.25, 0.3) is 0 Å². The SMILES string of the molecule is CC(Cc1cccs1)NCc1ccc(Br)cc1F. The average Bonchev–Trinajstić information content (AvgIpc) is 2.80. The van der Waals surface area contributed by atoms with E-state index in [4.69, 9.17) is 0 Å². The zero-order valence-corrected chi connectivity index (χ0v) is 12.5. The molecule has 1 atom stereocenters. The molecule has 1 aromatic carbocycles. The highest BCUT2D eigenvalue weighted by Crippen LogP contribution is 2.16. The molecule has 4 heteroatoms. The Balaban J connectivity index is 1.87. The van der Waals surface area contributed by atoms with Crippen LogP contribution in [0.15, 0.2) is 40.2 Å². The number of thiophene rings is 1. The minimum atomic E-state index is -0.166. The first-order chi connectivity index (χ1) is 8.65. The predicted octanol–water partition coefficient (Wildman–Crippen LogP) is 4.37. The molecular weight excluding hydrogens is 313 g/mol. The van der Waals surface area contributed by atoms with Gasteiger partial charge in [-0.25, -0.2) is 4.39 Å². The first-order valence-electron chi connectivity index (χ1n) is 5.85. The van der Waals surface area contributed by atoms with Gasteiger partial charge in [0, 0.05) is 27.5 Å². The van der Waals surface area contributed by atoms with E-state index in [0.29, 0.717) is 18.2 Å². The lowest BCUT2D eigenvalue weighted by atomic mass is 10.1. The number of hydrogen-bond acceptors (Lipinski definition) is 2. The predicted molar refractivity (Wildman–Crippen MR) is 78.4 cm³/mol. The highest BCUT2D eigenvalue weighted by Gasteiger charge is 2.07. The van der Waals surface area contributed by atoms with E-state index in [1.54, 1.807) is 11.3 Å². The van der Waals surface area contributed by atoms with Crippen molar-refractivity contribution in [1.29, 1.82) is 0 Å². The van der Waals surface area contributed by atoms with Crippen LogP contribution in [-0.4, -0.2) is 6.04 Å². The van der Waals surface area contributed by atoms with Gasteiger partial charge in [-0.1, -0.05) is 28.1 Å². The van der Waals surface area contributed by atoms with Gasteiger partial charge < -0.3 is 5.32 Å². The topological polar surface area (TPSA) is 12.0 Å². The maximum atomic E-state index is 13.6. The van der Waals surface area contributed by atoms with Crippen LogP contribution >= 0.6 is 27.3 Å². The molecule has 0 spiro atoms. The van der Waals surface area contributed by atoms with E-state index in [-0.39, 0.29) is 5.82 Å². The molecule has 1 N–H and O–H groups in total. The van der Waals surface area contributed by atoms with Crippen molar-refractivity contribution in [1.82, 2.24) is 5.32 Å². The van der Waals surface area contributed by atoms with Gasteiger partial charge in [0.15, 0.2) is 0 Å². The van der Waals surface area contributed by atoms with Crippen LogP contribution in [0.5, 0.6) is 0 Å². The summed E-state index contributed by atoms with van der Waals surface area (Å²) < 4.78 is 14.4. The number of benzene rings is 1. The molecule has 2 aromatic rings. The first kappa shape index (κ1) is 13.7. The number of nitrogens with one attached hydrogen (secondary N) is 1. The van der Waals surface area contributed by atoms with Gasteiger partial charge in [-0.15, -0.1) is 11.3 Å². The molecule has 0 aliphatic heterocycles. The Labute approximate surface area is 119 Å². The maximum absolute atomic E-state index is 13.6. The minimum Gasteiger partial charge on any atom is -0.310 e. The van der Waals surface area contributed by atoms with Crippen LogP contribution in [0.4, 0.5) is 4.39 Å². The highest BCUT2D eigenvalue weighted by atomic mass is 79.9.